The summed E-state index contributed by atoms with van der Waals surface area (Å²) in [6, 6.07) is 1.90. The van der Waals surface area contributed by atoms with Crippen LogP contribution in [-0.4, -0.2) is 69.3 Å². The molecular formula is C19H32N6O2. The quantitative estimate of drug-likeness (QED) is 0.779. The van der Waals surface area contributed by atoms with Gasteiger partial charge in [0.05, 0.1) is 0 Å². The molecule has 2 aliphatic rings. The van der Waals surface area contributed by atoms with Gasteiger partial charge in [-0.05, 0) is 58.2 Å². The second kappa shape index (κ2) is 8.73. The Morgan fingerprint density at radius 1 is 1.19 bits per heavy atom. The SMILES string of the molecule is C[C@@H](CCn1cccn1)NC(=O)N1CCC(C(N)=O)(N2CCCCC2)CC1. The van der Waals surface area contributed by atoms with Crippen LogP contribution < -0.4 is 11.1 Å². The summed E-state index contributed by atoms with van der Waals surface area (Å²) in [5, 5.41) is 7.24. The molecule has 2 aliphatic heterocycles. The summed E-state index contributed by atoms with van der Waals surface area (Å²) >= 11 is 0. The molecule has 3 amide bonds. The Kier molecular flexibility index (Phi) is 6.36. The number of carbonyl (C=O) groups excluding carboxylic acids is 2. The number of nitrogens with zero attached hydrogens (tertiary/aromatic N) is 4. The van der Waals surface area contributed by atoms with Gasteiger partial charge in [0.15, 0.2) is 0 Å². The van der Waals surface area contributed by atoms with Crippen molar-refractivity contribution < 1.29 is 9.59 Å². The van der Waals surface area contributed by atoms with E-state index in [9.17, 15) is 9.59 Å². The molecule has 0 saturated carbocycles. The third kappa shape index (κ3) is 4.61. The summed E-state index contributed by atoms with van der Waals surface area (Å²) in [6.45, 7) is 5.77. The van der Waals surface area contributed by atoms with Crippen LogP contribution in [0.15, 0.2) is 18.5 Å². The third-order valence-electron chi connectivity index (χ3n) is 6.02. The van der Waals surface area contributed by atoms with Gasteiger partial charge in [-0.3, -0.25) is 14.4 Å². The Morgan fingerprint density at radius 2 is 1.89 bits per heavy atom. The molecule has 0 spiro atoms. The van der Waals surface area contributed by atoms with E-state index in [1.165, 1.54) is 6.42 Å². The van der Waals surface area contributed by atoms with Crippen LogP contribution in [0.2, 0.25) is 0 Å². The first-order valence-corrected chi connectivity index (χ1v) is 10.1. The maximum Gasteiger partial charge on any atom is 0.317 e. The van der Waals surface area contributed by atoms with Crippen LogP contribution in [0.25, 0.3) is 0 Å². The molecular weight excluding hydrogens is 344 g/mol. The number of rotatable bonds is 6. The van der Waals surface area contributed by atoms with E-state index in [-0.39, 0.29) is 18.0 Å². The molecule has 2 fully saturated rings. The summed E-state index contributed by atoms with van der Waals surface area (Å²) < 4.78 is 1.86. The van der Waals surface area contributed by atoms with Crippen molar-refractivity contribution >= 4 is 11.9 Å². The van der Waals surface area contributed by atoms with Crippen molar-refractivity contribution in [1.82, 2.24) is 24.9 Å². The average molecular weight is 377 g/mol. The number of carbonyl (C=O) groups is 2. The third-order valence-corrected chi connectivity index (χ3v) is 6.02. The first-order valence-electron chi connectivity index (χ1n) is 10.1. The zero-order chi connectivity index (χ0) is 19.3. The molecule has 150 valence electrons. The van der Waals surface area contributed by atoms with Gasteiger partial charge >= 0.3 is 6.03 Å². The molecule has 8 nitrogen and oxygen atoms in total. The summed E-state index contributed by atoms with van der Waals surface area (Å²) in [4.78, 5) is 29.0. The van der Waals surface area contributed by atoms with Crippen LogP contribution in [0.1, 0.15) is 45.4 Å². The van der Waals surface area contributed by atoms with Gasteiger partial charge in [0.25, 0.3) is 0 Å². The summed E-state index contributed by atoms with van der Waals surface area (Å²) in [7, 11) is 0. The van der Waals surface area contributed by atoms with Gasteiger partial charge in [0, 0.05) is 38.1 Å². The zero-order valence-corrected chi connectivity index (χ0v) is 16.3. The van der Waals surface area contributed by atoms with E-state index < -0.39 is 5.54 Å². The van der Waals surface area contributed by atoms with Gasteiger partial charge in [-0.1, -0.05) is 6.42 Å². The number of piperidine rings is 2. The second-order valence-corrected chi connectivity index (χ2v) is 7.84. The van der Waals surface area contributed by atoms with Crippen LogP contribution in [0.3, 0.4) is 0 Å². The van der Waals surface area contributed by atoms with Gasteiger partial charge in [-0.25, -0.2) is 4.79 Å². The Morgan fingerprint density at radius 3 is 2.48 bits per heavy atom. The average Bonchev–Trinajstić information content (AvgIpc) is 3.20. The van der Waals surface area contributed by atoms with Gasteiger partial charge in [-0.2, -0.15) is 5.10 Å². The maximum atomic E-state index is 12.6. The van der Waals surface area contributed by atoms with Crippen LogP contribution in [0.5, 0.6) is 0 Å². The Bertz CT molecular complexity index is 618. The summed E-state index contributed by atoms with van der Waals surface area (Å²) in [5.41, 5.74) is 5.23. The van der Waals surface area contributed by atoms with Gasteiger partial charge in [0.1, 0.15) is 5.54 Å². The minimum atomic E-state index is -0.580. The number of primary amides is 1. The molecule has 8 heteroatoms. The highest BCUT2D eigenvalue weighted by molar-refractivity contribution is 5.85. The number of amides is 3. The molecule has 0 radical (unpaired) electrons. The highest BCUT2D eigenvalue weighted by Gasteiger charge is 2.45. The van der Waals surface area contributed by atoms with Gasteiger partial charge in [-0.15, -0.1) is 0 Å². The first-order chi connectivity index (χ1) is 13.0. The van der Waals surface area contributed by atoms with E-state index in [4.69, 9.17) is 5.73 Å². The van der Waals surface area contributed by atoms with Crippen molar-refractivity contribution in [2.45, 2.75) is 63.6 Å². The Balaban J connectivity index is 1.49. The first kappa shape index (κ1) is 19.7. The maximum absolute atomic E-state index is 12.6. The lowest BCUT2D eigenvalue weighted by Crippen LogP contribution is -2.64. The summed E-state index contributed by atoms with van der Waals surface area (Å²) in [6.07, 6.45) is 9.19. The summed E-state index contributed by atoms with van der Waals surface area (Å²) in [5.74, 6) is -0.239. The number of hydrogen-bond donors (Lipinski definition) is 2. The predicted octanol–water partition coefficient (Wildman–Crippen LogP) is 1.18. The van der Waals surface area contributed by atoms with E-state index in [1.807, 2.05) is 28.8 Å². The fourth-order valence-corrected chi connectivity index (χ4v) is 4.25. The Hall–Kier alpha value is -2.09. The van der Waals surface area contributed by atoms with E-state index in [0.717, 1.165) is 38.9 Å². The van der Waals surface area contributed by atoms with E-state index in [0.29, 0.717) is 25.9 Å². The minimum absolute atomic E-state index is 0.0559. The number of urea groups is 1. The molecule has 3 N–H and O–H groups in total. The molecule has 3 heterocycles. The lowest BCUT2D eigenvalue weighted by molar-refractivity contribution is -0.134. The van der Waals surface area contributed by atoms with Crippen molar-refractivity contribution in [3.05, 3.63) is 18.5 Å². The lowest BCUT2D eigenvalue weighted by Gasteiger charge is -2.48. The molecule has 1 aromatic rings. The highest BCUT2D eigenvalue weighted by atomic mass is 16.2. The van der Waals surface area contributed by atoms with Crippen molar-refractivity contribution in [2.75, 3.05) is 26.2 Å². The largest absolute Gasteiger partial charge is 0.368 e. The number of aryl methyl sites for hydroxylation is 1. The van der Waals surface area contributed by atoms with Crippen LogP contribution >= 0.6 is 0 Å². The number of aromatic nitrogens is 2. The molecule has 1 aromatic heterocycles. The van der Waals surface area contributed by atoms with Crippen molar-refractivity contribution in [2.24, 2.45) is 5.73 Å². The fraction of sp³-hybridized carbons (Fsp3) is 0.737. The van der Waals surface area contributed by atoms with Gasteiger partial charge < -0.3 is 16.0 Å². The molecule has 0 aromatic carbocycles. The predicted molar refractivity (Wildman–Crippen MR) is 103 cm³/mol. The van der Waals surface area contributed by atoms with Crippen LogP contribution in [-0.2, 0) is 11.3 Å². The minimum Gasteiger partial charge on any atom is -0.368 e. The molecule has 3 rings (SSSR count). The highest BCUT2D eigenvalue weighted by Crippen LogP contribution is 2.31. The zero-order valence-electron chi connectivity index (χ0n) is 16.3. The molecule has 27 heavy (non-hydrogen) atoms. The van der Waals surface area contributed by atoms with E-state index in [1.54, 1.807) is 6.20 Å². The molecule has 0 bridgehead atoms. The molecule has 1 atom stereocenters. The van der Waals surface area contributed by atoms with Crippen molar-refractivity contribution in [3.63, 3.8) is 0 Å². The van der Waals surface area contributed by atoms with E-state index in [2.05, 4.69) is 15.3 Å². The normalized spacial score (nSPS) is 21.6. The van der Waals surface area contributed by atoms with Gasteiger partial charge in [0.2, 0.25) is 5.91 Å². The number of nitrogens with one attached hydrogen (secondary N) is 1. The monoisotopic (exact) mass is 376 g/mol. The molecule has 0 unspecified atom stereocenters. The molecule has 0 aliphatic carbocycles. The second-order valence-electron chi connectivity index (χ2n) is 7.84. The topological polar surface area (TPSA) is 96.5 Å². The number of hydrogen-bond acceptors (Lipinski definition) is 4. The number of nitrogens with two attached hydrogens (primary N) is 1. The van der Waals surface area contributed by atoms with Crippen molar-refractivity contribution in [1.29, 1.82) is 0 Å². The lowest BCUT2D eigenvalue weighted by atomic mass is 9.83. The number of likely N-dealkylation sites (tertiary alicyclic amines) is 2. The smallest absolute Gasteiger partial charge is 0.317 e. The van der Waals surface area contributed by atoms with Crippen LogP contribution in [0, 0.1) is 0 Å². The van der Waals surface area contributed by atoms with Crippen LogP contribution in [0.4, 0.5) is 4.79 Å². The fourth-order valence-electron chi connectivity index (χ4n) is 4.25. The molecule has 2 saturated heterocycles. The van der Waals surface area contributed by atoms with Crippen molar-refractivity contribution in [3.8, 4) is 0 Å². The Labute approximate surface area is 161 Å². The van der Waals surface area contributed by atoms with E-state index >= 15 is 0 Å². The standard InChI is InChI=1S/C19H32N6O2/c1-16(6-13-25-12-5-9-21-25)22-18(27)23-14-7-19(8-15-23,17(20)26)24-10-3-2-4-11-24/h5,9,12,16H,2-4,6-8,10-11,13-15H2,1H3,(H2,20,26)(H,22,27)/t16-/m0/s1.